The number of ether oxygens (including phenoxy) is 4. The Balaban J connectivity index is 1.95. The summed E-state index contributed by atoms with van der Waals surface area (Å²) in [4.78, 5) is 36.3. The van der Waals surface area contributed by atoms with Gasteiger partial charge in [0.2, 0.25) is 0 Å². The van der Waals surface area contributed by atoms with Gasteiger partial charge in [-0.05, 0) is 75.2 Å². The lowest BCUT2D eigenvalue weighted by atomic mass is 10.2. The second-order valence-electron chi connectivity index (χ2n) is 7.04. The van der Waals surface area contributed by atoms with Crippen molar-refractivity contribution in [1.82, 2.24) is 0 Å². The molecule has 2 aromatic carbocycles. The van der Waals surface area contributed by atoms with E-state index in [1.807, 2.05) is 13.8 Å². The minimum atomic E-state index is -0.693. The van der Waals surface area contributed by atoms with Crippen LogP contribution in [0.15, 0.2) is 48.5 Å². The number of benzene rings is 2. The molecule has 0 spiro atoms. The van der Waals surface area contributed by atoms with E-state index < -0.39 is 24.1 Å². The van der Waals surface area contributed by atoms with Crippen molar-refractivity contribution >= 4 is 23.5 Å². The van der Waals surface area contributed by atoms with E-state index in [1.165, 1.54) is 0 Å². The normalized spacial score (nSPS) is 12.2. The minimum absolute atomic E-state index is 0.287. The van der Waals surface area contributed by atoms with Crippen LogP contribution in [0.2, 0.25) is 0 Å². The minimum Gasteiger partial charge on any atom is -0.479 e. The molecule has 0 bridgehead atoms. The second kappa shape index (κ2) is 13.1. The van der Waals surface area contributed by atoms with E-state index in [9.17, 15) is 14.4 Å². The van der Waals surface area contributed by atoms with Crippen LogP contribution in [0.25, 0.3) is 0 Å². The first kappa shape index (κ1) is 25.7. The summed E-state index contributed by atoms with van der Waals surface area (Å²) in [5.74, 6) is -0.147. The van der Waals surface area contributed by atoms with E-state index in [2.05, 4.69) is 5.32 Å². The first-order chi connectivity index (χ1) is 15.9. The molecule has 0 aliphatic heterocycles. The van der Waals surface area contributed by atoms with Gasteiger partial charge in [-0.15, -0.1) is 0 Å². The maximum absolute atomic E-state index is 12.5. The third-order valence-corrected chi connectivity index (χ3v) is 4.63. The fourth-order valence-corrected chi connectivity index (χ4v) is 2.90. The molecule has 0 aromatic heterocycles. The van der Waals surface area contributed by atoms with Crippen molar-refractivity contribution in [2.75, 3.05) is 18.5 Å². The van der Waals surface area contributed by atoms with Crippen molar-refractivity contribution in [3.05, 3.63) is 54.1 Å². The van der Waals surface area contributed by atoms with Gasteiger partial charge in [0.1, 0.15) is 11.5 Å². The molecule has 0 aliphatic rings. The standard InChI is InChI=1S/C25H31NO7/c1-5-21(24(28)30-7-3)32-19-13-9-17(10-14-19)23(27)26-18-11-15-20(16-12-18)33-22(6-2)25(29)31-8-4/h9-16,21-22H,5-8H2,1-4H3,(H,26,27). The van der Waals surface area contributed by atoms with E-state index in [0.717, 1.165) is 0 Å². The van der Waals surface area contributed by atoms with Gasteiger partial charge in [0.25, 0.3) is 5.91 Å². The Morgan fingerprint density at radius 3 is 1.52 bits per heavy atom. The van der Waals surface area contributed by atoms with Crippen molar-refractivity contribution in [2.24, 2.45) is 0 Å². The van der Waals surface area contributed by atoms with Crippen LogP contribution >= 0.6 is 0 Å². The van der Waals surface area contributed by atoms with Crippen LogP contribution in [0, 0.1) is 0 Å². The average molecular weight is 458 g/mol. The van der Waals surface area contributed by atoms with Gasteiger partial charge >= 0.3 is 11.9 Å². The second-order valence-corrected chi connectivity index (χ2v) is 7.04. The molecular weight excluding hydrogens is 426 g/mol. The first-order valence-corrected chi connectivity index (χ1v) is 11.1. The van der Waals surface area contributed by atoms with Crippen LogP contribution in [-0.2, 0) is 19.1 Å². The van der Waals surface area contributed by atoms with Crippen molar-refractivity contribution in [2.45, 2.75) is 52.7 Å². The van der Waals surface area contributed by atoms with Gasteiger partial charge in [-0.3, -0.25) is 4.79 Å². The predicted octanol–water partition coefficient (Wildman–Crippen LogP) is 4.38. The first-order valence-electron chi connectivity index (χ1n) is 11.1. The van der Waals surface area contributed by atoms with Crippen molar-refractivity contribution in [1.29, 1.82) is 0 Å². The Bertz CT molecular complexity index is 909. The van der Waals surface area contributed by atoms with E-state index in [0.29, 0.717) is 42.2 Å². The quantitative estimate of drug-likeness (QED) is 0.472. The highest BCUT2D eigenvalue weighted by Gasteiger charge is 2.20. The highest BCUT2D eigenvalue weighted by Crippen LogP contribution is 2.20. The SMILES string of the molecule is CCOC(=O)C(CC)Oc1ccc(NC(=O)c2ccc(OC(CC)C(=O)OCC)cc2)cc1. The largest absolute Gasteiger partial charge is 0.479 e. The molecule has 0 aliphatic carbocycles. The molecule has 1 N–H and O–H groups in total. The van der Waals surface area contributed by atoms with Gasteiger partial charge in [-0.25, -0.2) is 9.59 Å². The van der Waals surface area contributed by atoms with Crippen molar-refractivity contribution in [3.63, 3.8) is 0 Å². The monoisotopic (exact) mass is 457 g/mol. The fourth-order valence-electron chi connectivity index (χ4n) is 2.90. The molecule has 0 radical (unpaired) electrons. The molecule has 8 nitrogen and oxygen atoms in total. The van der Waals surface area contributed by atoms with E-state index in [-0.39, 0.29) is 12.5 Å². The van der Waals surface area contributed by atoms with Crippen LogP contribution in [0.1, 0.15) is 50.9 Å². The Kier molecular flexibility index (Phi) is 10.2. The van der Waals surface area contributed by atoms with Gasteiger partial charge in [-0.2, -0.15) is 0 Å². The number of hydrogen-bond acceptors (Lipinski definition) is 7. The molecule has 0 saturated heterocycles. The molecule has 8 heteroatoms. The van der Waals surface area contributed by atoms with Gasteiger partial charge < -0.3 is 24.3 Å². The fraction of sp³-hybridized carbons (Fsp3) is 0.400. The van der Waals surface area contributed by atoms with Gasteiger partial charge in [0, 0.05) is 11.3 Å². The average Bonchev–Trinajstić information content (AvgIpc) is 2.82. The number of nitrogens with one attached hydrogen (secondary N) is 1. The molecule has 0 heterocycles. The number of carbonyl (C=O) groups is 3. The third-order valence-electron chi connectivity index (χ3n) is 4.63. The number of anilines is 1. The van der Waals surface area contributed by atoms with Gasteiger partial charge in [0.05, 0.1) is 13.2 Å². The zero-order valence-electron chi connectivity index (χ0n) is 19.5. The summed E-state index contributed by atoms with van der Waals surface area (Å²) < 4.78 is 21.3. The molecule has 2 atom stereocenters. The van der Waals surface area contributed by atoms with Crippen molar-refractivity contribution in [3.8, 4) is 11.5 Å². The molecule has 0 fully saturated rings. The number of amides is 1. The molecule has 178 valence electrons. The Hall–Kier alpha value is -3.55. The highest BCUT2D eigenvalue weighted by molar-refractivity contribution is 6.04. The molecular formula is C25H31NO7. The van der Waals surface area contributed by atoms with Crippen molar-refractivity contribution < 1.29 is 33.3 Å². The Morgan fingerprint density at radius 1 is 0.697 bits per heavy atom. The van der Waals surface area contributed by atoms with Crippen LogP contribution in [0.3, 0.4) is 0 Å². The summed E-state index contributed by atoms with van der Waals surface area (Å²) in [7, 11) is 0. The number of esters is 2. The third kappa shape index (κ3) is 7.82. The topological polar surface area (TPSA) is 100 Å². The lowest BCUT2D eigenvalue weighted by molar-refractivity contribution is -0.152. The molecule has 1 amide bonds. The summed E-state index contributed by atoms with van der Waals surface area (Å²) in [5.41, 5.74) is 1.01. The number of rotatable bonds is 12. The smallest absolute Gasteiger partial charge is 0.347 e. The van der Waals surface area contributed by atoms with Crippen LogP contribution in [0.4, 0.5) is 5.69 Å². The highest BCUT2D eigenvalue weighted by atomic mass is 16.6. The van der Waals surface area contributed by atoms with Gasteiger partial charge in [0.15, 0.2) is 12.2 Å². The van der Waals surface area contributed by atoms with E-state index >= 15 is 0 Å². The molecule has 33 heavy (non-hydrogen) atoms. The molecule has 0 saturated carbocycles. The number of hydrogen-bond donors (Lipinski definition) is 1. The summed E-state index contributed by atoms with van der Waals surface area (Å²) in [5, 5.41) is 2.80. The van der Waals surface area contributed by atoms with Crippen LogP contribution in [-0.4, -0.2) is 43.3 Å². The Morgan fingerprint density at radius 2 is 1.12 bits per heavy atom. The number of carbonyl (C=O) groups excluding carboxylic acids is 3. The predicted molar refractivity (Wildman–Crippen MR) is 124 cm³/mol. The lowest BCUT2D eigenvalue weighted by Gasteiger charge is -2.16. The van der Waals surface area contributed by atoms with Crippen LogP contribution < -0.4 is 14.8 Å². The zero-order chi connectivity index (χ0) is 24.2. The maximum Gasteiger partial charge on any atom is 0.347 e. The summed E-state index contributed by atoms with van der Waals surface area (Å²) >= 11 is 0. The summed E-state index contributed by atoms with van der Waals surface area (Å²) in [6.07, 6.45) is -0.418. The molecule has 2 unspecified atom stereocenters. The molecule has 2 aromatic rings. The molecule has 2 rings (SSSR count). The maximum atomic E-state index is 12.5. The summed E-state index contributed by atoms with van der Waals surface area (Å²) in [6, 6.07) is 13.2. The van der Waals surface area contributed by atoms with Crippen LogP contribution in [0.5, 0.6) is 11.5 Å². The van der Waals surface area contributed by atoms with Gasteiger partial charge in [-0.1, -0.05) is 13.8 Å². The van der Waals surface area contributed by atoms with E-state index in [1.54, 1.807) is 62.4 Å². The zero-order valence-corrected chi connectivity index (χ0v) is 19.5. The Labute approximate surface area is 194 Å². The summed E-state index contributed by atoms with van der Waals surface area (Å²) in [6.45, 7) is 7.74. The van der Waals surface area contributed by atoms with E-state index in [4.69, 9.17) is 18.9 Å². The lowest BCUT2D eigenvalue weighted by Crippen LogP contribution is -2.28.